The van der Waals surface area contributed by atoms with Crippen molar-refractivity contribution in [3.05, 3.63) is 64.8 Å². The van der Waals surface area contributed by atoms with Gasteiger partial charge in [-0.3, -0.25) is 0 Å². The lowest BCUT2D eigenvalue weighted by molar-refractivity contribution is 1.45. The molecule has 2 aromatic carbocycles. The van der Waals surface area contributed by atoms with Crippen LogP contribution in [-0.4, -0.2) is 11.5 Å². The summed E-state index contributed by atoms with van der Waals surface area (Å²) in [7, 11) is 0. The van der Waals surface area contributed by atoms with Gasteiger partial charge in [-0.05, 0) is 23.8 Å². The second kappa shape index (κ2) is 4.43. The zero-order valence-electron chi connectivity index (χ0n) is 10.8. The van der Waals surface area contributed by atoms with Crippen LogP contribution in [0.5, 0.6) is 0 Å². The Morgan fingerprint density at radius 1 is 1.00 bits per heavy atom. The molecule has 1 aromatic heterocycles. The normalized spacial score (nSPS) is 15.6. The molecule has 3 heteroatoms. The highest BCUT2D eigenvalue weighted by atomic mass is 35.5. The van der Waals surface area contributed by atoms with E-state index in [9.17, 15) is 0 Å². The van der Waals surface area contributed by atoms with Gasteiger partial charge in [0.1, 0.15) is 5.15 Å². The zero-order chi connectivity index (χ0) is 13.5. The molecule has 3 aromatic rings. The number of rotatable bonds is 1. The van der Waals surface area contributed by atoms with Crippen LogP contribution in [0.25, 0.3) is 22.6 Å². The summed E-state index contributed by atoms with van der Waals surface area (Å²) in [6, 6.07) is 16.6. The molecule has 0 radical (unpaired) electrons. The second-order valence-corrected chi connectivity index (χ2v) is 5.34. The second-order valence-electron chi connectivity index (χ2n) is 4.97. The zero-order valence-corrected chi connectivity index (χ0v) is 11.5. The van der Waals surface area contributed by atoms with Gasteiger partial charge >= 0.3 is 0 Å². The highest BCUT2D eigenvalue weighted by molar-refractivity contribution is 6.33. The van der Waals surface area contributed by atoms with E-state index < -0.39 is 0 Å². The first-order chi connectivity index (χ1) is 9.83. The first kappa shape index (κ1) is 11.6. The molecule has 0 fully saturated rings. The van der Waals surface area contributed by atoms with Crippen molar-refractivity contribution in [3.8, 4) is 0 Å². The maximum atomic E-state index is 6.35. The number of halogens is 1. The van der Waals surface area contributed by atoms with Crippen molar-refractivity contribution < 1.29 is 0 Å². The van der Waals surface area contributed by atoms with Crippen LogP contribution in [0.2, 0.25) is 5.15 Å². The fourth-order valence-electron chi connectivity index (χ4n) is 2.78. The number of hydrogen-bond donors (Lipinski definition) is 2. The first-order valence-electron chi connectivity index (χ1n) is 6.63. The molecule has 20 heavy (non-hydrogen) atoms. The highest BCUT2D eigenvalue weighted by Gasteiger charge is 2.16. The van der Waals surface area contributed by atoms with Gasteiger partial charge in [0.2, 0.25) is 0 Å². The topological polar surface area (TPSA) is 27.8 Å². The van der Waals surface area contributed by atoms with Crippen LogP contribution >= 0.6 is 11.6 Å². The van der Waals surface area contributed by atoms with E-state index >= 15 is 0 Å². The third kappa shape index (κ3) is 1.73. The fraction of sp³-hybridized carbons (Fsp3) is 0.0588. The molecule has 2 heterocycles. The average molecular weight is 281 g/mol. The molecular weight excluding hydrogens is 268 g/mol. The molecule has 0 atom stereocenters. The molecule has 0 bridgehead atoms. The van der Waals surface area contributed by atoms with Crippen molar-refractivity contribution in [1.82, 2.24) is 4.98 Å². The van der Waals surface area contributed by atoms with Crippen LogP contribution in [0, 0.1) is 0 Å². The first-order valence-corrected chi connectivity index (χ1v) is 7.01. The molecule has 2 N–H and O–H groups in total. The smallest absolute Gasteiger partial charge is 0.114 e. The number of aromatic nitrogens is 1. The number of hydrogen-bond acceptors (Lipinski definition) is 1. The van der Waals surface area contributed by atoms with Crippen LogP contribution in [0.3, 0.4) is 0 Å². The molecule has 0 spiro atoms. The number of para-hydroxylation sites is 2. The van der Waals surface area contributed by atoms with Crippen molar-refractivity contribution in [3.63, 3.8) is 0 Å². The summed E-state index contributed by atoms with van der Waals surface area (Å²) in [6.07, 6.45) is 2.18. The van der Waals surface area contributed by atoms with E-state index in [0.29, 0.717) is 5.15 Å². The lowest BCUT2D eigenvalue weighted by atomic mass is 10.0. The number of nitrogens with one attached hydrogen (secondary N) is 2. The van der Waals surface area contributed by atoms with Gasteiger partial charge in [-0.2, -0.15) is 0 Å². The van der Waals surface area contributed by atoms with E-state index in [4.69, 9.17) is 11.6 Å². The highest BCUT2D eigenvalue weighted by Crippen LogP contribution is 2.35. The SMILES string of the molecule is Clc1[nH]c2ccccc2c1/C=C1/CNc2ccccc21. The standard InChI is InChI=1S/C17H13ClN2/c18-17-14(13-6-2-4-8-16(13)20-17)9-11-10-19-15-7-3-1-5-12(11)15/h1-9,19-20H,10H2/b11-9-. The van der Waals surface area contributed by atoms with Gasteiger partial charge in [-0.15, -0.1) is 0 Å². The van der Waals surface area contributed by atoms with Crippen molar-refractivity contribution in [2.24, 2.45) is 0 Å². The van der Waals surface area contributed by atoms with Gasteiger partial charge in [-0.25, -0.2) is 0 Å². The van der Waals surface area contributed by atoms with E-state index in [0.717, 1.165) is 23.0 Å². The predicted molar refractivity (Wildman–Crippen MR) is 86.1 cm³/mol. The molecule has 2 nitrogen and oxygen atoms in total. The molecule has 98 valence electrons. The molecule has 1 aliphatic rings. The van der Waals surface area contributed by atoms with Crippen molar-refractivity contribution in [2.45, 2.75) is 0 Å². The molecule has 1 aliphatic heterocycles. The Kier molecular flexibility index (Phi) is 2.57. The van der Waals surface area contributed by atoms with Gasteiger partial charge < -0.3 is 10.3 Å². The number of fused-ring (bicyclic) bond motifs is 2. The van der Waals surface area contributed by atoms with E-state index in [-0.39, 0.29) is 0 Å². The van der Waals surface area contributed by atoms with Crippen LogP contribution < -0.4 is 5.32 Å². The minimum atomic E-state index is 0.697. The predicted octanol–water partition coefficient (Wildman–Crippen LogP) is 4.79. The third-order valence-electron chi connectivity index (χ3n) is 3.76. The molecule has 0 amide bonds. The van der Waals surface area contributed by atoms with E-state index in [1.807, 2.05) is 24.3 Å². The fourth-order valence-corrected chi connectivity index (χ4v) is 3.04. The quantitative estimate of drug-likeness (QED) is 0.659. The van der Waals surface area contributed by atoms with Gasteiger partial charge in [0.15, 0.2) is 0 Å². The lowest BCUT2D eigenvalue weighted by Crippen LogP contribution is -1.91. The van der Waals surface area contributed by atoms with E-state index in [1.165, 1.54) is 16.8 Å². The minimum absolute atomic E-state index is 0.697. The van der Waals surface area contributed by atoms with Crippen LogP contribution in [-0.2, 0) is 0 Å². The lowest BCUT2D eigenvalue weighted by Gasteiger charge is -1.99. The van der Waals surface area contributed by atoms with Crippen molar-refractivity contribution in [1.29, 1.82) is 0 Å². The molecule has 0 saturated heterocycles. The Bertz CT molecular complexity index is 830. The molecule has 0 unspecified atom stereocenters. The number of aromatic amines is 1. The maximum absolute atomic E-state index is 6.35. The summed E-state index contributed by atoms with van der Waals surface area (Å²) in [5, 5.41) is 5.27. The van der Waals surface area contributed by atoms with Crippen LogP contribution in [0.15, 0.2) is 48.5 Å². The summed E-state index contributed by atoms with van der Waals surface area (Å²) in [5.74, 6) is 0. The van der Waals surface area contributed by atoms with Crippen molar-refractivity contribution >= 4 is 39.8 Å². The Morgan fingerprint density at radius 2 is 1.80 bits per heavy atom. The monoisotopic (exact) mass is 280 g/mol. The van der Waals surface area contributed by atoms with Gasteiger partial charge in [0, 0.05) is 34.3 Å². The molecule has 0 aliphatic carbocycles. The van der Waals surface area contributed by atoms with Crippen molar-refractivity contribution in [2.75, 3.05) is 11.9 Å². The largest absolute Gasteiger partial charge is 0.380 e. The average Bonchev–Trinajstić information content (AvgIpc) is 3.02. The summed E-state index contributed by atoms with van der Waals surface area (Å²) >= 11 is 6.35. The summed E-state index contributed by atoms with van der Waals surface area (Å²) in [4.78, 5) is 3.23. The van der Waals surface area contributed by atoms with E-state index in [1.54, 1.807) is 0 Å². The van der Waals surface area contributed by atoms with E-state index in [2.05, 4.69) is 40.6 Å². The molecule has 0 saturated carbocycles. The van der Waals surface area contributed by atoms with Crippen LogP contribution in [0.1, 0.15) is 11.1 Å². The van der Waals surface area contributed by atoms with Gasteiger partial charge in [0.05, 0.1) is 0 Å². The summed E-state index contributed by atoms with van der Waals surface area (Å²) in [5.41, 5.74) is 5.86. The third-order valence-corrected chi connectivity index (χ3v) is 4.06. The Morgan fingerprint density at radius 3 is 2.75 bits per heavy atom. The van der Waals surface area contributed by atoms with Gasteiger partial charge in [0.25, 0.3) is 0 Å². The van der Waals surface area contributed by atoms with Crippen LogP contribution in [0.4, 0.5) is 5.69 Å². The molecular formula is C17H13ClN2. The Hall–Kier alpha value is -2.19. The number of benzene rings is 2. The van der Waals surface area contributed by atoms with Gasteiger partial charge in [-0.1, -0.05) is 48.0 Å². The Labute approximate surface area is 122 Å². The Balaban J connectivity index is 1.90. The summed E-state index contributed by atoms with van der Waals surface area (Å²) in [6.45, 7) is 0.842. The minimum Gasteiger partial charge on any atom is -0.380 e. The number of H-pyrrole nitrogens is 1. The molecule has 4 rings (SSSR count). The maximum Gasteiger partial charge on any atom is 0.114 e. The number of anilines is 1. The summed E-state index contributed by atoms with van der Waals surface area (Å²) < 4.78 is 0.